The summed E-state index contributed by atoms with van der Waals surface area (Å²) >= 11 is 0. The number of benzene rings is 2. The number of ether oxygens (including phenoxy) is 1. The Bertz CT molecular complexity index is 543. The molecule has 0 fully saturated rings. The van der Waals surface area contributed by atoms with Crippen LogP contribution in [-0.4, -0.2) is 7.11 Å². The average Bonchev–Trinajstić information content (AvgIpc) is 2.40. The molecule has 0 bridgehead atoms. The van der Waals surface area contributed by atoms with Crippen LogP contribution in [0.2, 0.25) is 0 Å². The normalized spacial score (nSPS) is 10.1. The van der Waals surface area contributed by atoms with Gasteiger partial charge in [-0.1, -0.05) is 12.1 Å². The number of halogens is 1. The second-order valence-electron chi connectivity index (χ2n) is 3.94. The van der Waals surface area contributed by atoms with Crippen molar-refractivity contribution in [2.75, 3.05) is 18.2 Å². The molecule has 3 nitrogen and oxygen atoms in total. The standard InChI is InChI=1S/C14H15FN2O/c1-18-12-4-2-3-10(7-12)9-17-14-8-11(15)5-6-13(14)16/h2-8,17H,9,16H2,1H3. The van der Waals surface area contributed by atoms with Crippen molar-refractivity contribution in [2.45, 2.75) is 6.54 Å². The summed E-state index contributed by atoms with van der Waals surface area (Å²) in [6, 6.07) is 11.9. The van der Waals surface area contributed by atoms with E-state index in [4.69, 9.17) is 10.5 Å². The van der Waals surface area contributed by atoms with Crippen molar-refractivity contribution >= 4 is 11.4 Å². The molecule has 2 aromatic rings. The van der Waals surface area contributed by atoms with Crippen LogP contribution in [0.5, 0.6) is 5.75 Å². The third-order valence-electron chi connectivity index (χ3n) is 2.63. The van der Waals surface area contributed by atoms with Gasteiger partial charge in [-0.25, -0.2) is 4.39 Å². The van der Waals surface area contributed by atoms with Crippen LogP contribution in [0, 0.1) is 5.82 Å². The van der Waals surface area contributed by atoms with Crippen LogP contribution in [0.15, 0.2) is 42.5 Å². The number of rotatable bonds is 4. The zero-order valence-electron chi connectivity index (χ0n) is 10.1. The molecule has 0 aromatic heterocycles. The number of nitrogens with two attached hydrogens (primary N) is 1. The van der Waals surface area contributed by atoms with Crippen molar-refractivity contribution in [1.29, 1.82) is 0 Å². The van der Waals surface area contributed by atoms with Crippen molar-refractivity contribution in [3.63, 3.8) is 0 Å². The number of nitrogen functional groups attached to an aromatic ring is 1. The number of hydrogen-bond donors (Lipinski definition) is 2. The predicted molar refractivity (Wildman–Crippen MR) is 71.1 cm³/mol. The Morgan fingerprint density at radius 2 is 2.06 bits per heavy atom. The van der Waals surface area contributed by atoms with Gasteiger partial charge in [0.25, 0.3) is 0 Å². The summed E-state index contributed by atoms with van der Waals surface area (Å²) < 4.78 is 18.2. The molecule has 0 heterocycles. The number of methoxy groups -OCH3 is 1. The van der Waals surface area contributed by atoms with Gasteiger partial charge in [-0.15, -0.1) is 0 Å². The Morgan fingerprint density at radius 3 is 2.83 bits per heavy atom. The lowest BCUT2D eigenvalue weighted by atomic mass is 10.2. The van der Waals surface area contributed by atoms with Gasteiger partial charge in [0.1, 0.15) is 11.6 Å². The average molecular weight is 246 g/mol. The molecule has 0 spiro atoms. The van der Waals surface area contributed by atoms with E-state index in [0.717, 1.165) is 11.3 Å². The van der Waals surface area contributed by atoms with E-state index in [9.17, 15) is 4.39 Å². The fourth-order valence-electron chi connectivity index (χ4n) is 1.66. The van der Waals surface area contributed by atoms with Crippen molar-refractivity contribution in [3.8, 4) is 5.75 Å². The highest BCUT2D eigenvalue weighted by molar-refractivity contribution is 5.65. The van der Waals surface area contributed by atoms with Crippen molar-refractivity contribution < 1.29 is 9.13 Å². The van der Waals surface area contributed by atoms with E-state index in [1.54, 1.807) is 13.2 Å². The minimum atomic E-state index is -0.308. The first kappa shape index (κ1) is 12.2. The lowest BCUT2D eigenvalue weighted by molar-refractivity contribution is 0.414. The number of nitrogens with one attached hydrogen (secondary N) is 1. The minimum absolute atomic E-state index is 0.308. The van der Waals surface area contributed by atoms with Crippen LogP contribution in [0.3, 0.4) is 0 Å². The van der Waals surface area contributed by atoms with E-state index in [2.05, 4.69) is 5.32 Å². The zero-order valence-corrected chi connectivity index (χ0v) is 10.1. The summed E-state index contributed by atoms with van der Waals surface area (Å²) in [6.45, 7) is 0.560. The van der Waals surface area contributed by atoms with Crippen LogP contribution >= 0.6 is 0 Å². The molecule has 0 unspecified atom stereocenters. The van der Waals surface area contributed by atoms with Crippen LogP contribution in [0.25, 0.3) is 0 Å². The quantitative estimate of drug-likeness (QED) is 0.815. The molecule has 0 saturated carbocycles. The Hall–Kier alpha value is -2.23. The number of hydrogen-bond acceptors (Lipinski definition) is 3. The lowest BCUT2D eigenvalue weighted by Gasteiger charge is -2.10. The first-order valence-electron chi connectivity index (χ1n) is 5.61. The molecule has 2 aromatic carbocycles. The van der Waals surface area contributed by atoms with E-state index in [1.807, 2.05) is 24.3 Å². The summed E-state index contributed by atoms with van der Waals surface area (Å²) in [6.07, 6.45) is 0. The molecule has 0 saturated heterocycles. The van der Waals surface area contributed by atoms with E-state index in [-0.39, 0.29) is 5.82 Å². The van der Waals surface area contributed by atoms with E-state index in [1.165, 1.54) is 12.1 Å². The summed E-state index contributed by atoms with van der Waals surface area (Å²) in [4.78, 5) is 0. The van der Waals surface area contributed by atoms with Gasteiger partial charge in [0.15, 0.2) is 0 Å². The van der Waals surface area contributed by atoms with E-state index >= 15 is 0 Å². The van der Waals surface area contributed by atoms with Gasteiger partial charge in [-0.05, 0) is 35.9 Å². The van der Waals surface area contributed by atoms with Crippen LogP contribution in [0.4, 0.5) is 15.8 Å². The van der Waals surface area contributed by atoms with E-state index < -0.39 is 0 Å². The maximum atomic E-state index is 13.1. The smallest absolute Gasteiger partial charge is 0.125 e. The van der Waals surface area contributed by atoms with Gasteiger partial charge < -0.3 is 15.8 Å². The van der Waals surface area contributed by atoms with Gasteiger partial charge in [0.05, 0.1) is 18.5 Å². The molecule has 2 rings (SSSR count). The molecule has 0 amide bonds. The molecule has 94 valence electrons. The van der Waals surface area contributed by atoms with E-state index in [0.29, 0.717) is 17.9 Å². The third kappa shape index (κ3) is 2.91. The van der Waals surface area contributed by atoms with Crippen molar-refractivity contribution in [1.82, 2.24) is 0 Å². The molecule has 3 N–H and O–H groups in total. The fourth-order valence-corrected chi connectivity index (χ4v) is 1.66. The third-order valence-corrected chi connectivity index (χ3v) is 2.63. The predicted octanol–water partition coefficient (Wildman–Crippen LogP) is 3.03. The highest BCUT2D eigenvalue weighted by Crippen LogP contribution is 2.20. The van der Waals surface area contributed by atoms with Crippen LogP contribution < -0.4 is 15.8 Å². The second kappa shape index (κ2) is 5.40. The maximum Gasteiger partial charge on any atom is 0.125 e. The molecule has 0 atom stereocenters. The molecule has 0 aliphatic carbocycles. The Morgan fingerprint density at radius 1 is 1.22 bits per heavy atom. The maximum absolute atomic E-state index is 13.1. The Kier molecular flexibility index (Phi) is 3.67. The topological polar surface area (TPSA) is 47.3 Å². The molecule has 18 heavy (non-hydrogen) atoms. The fraction of sp³-hybridized carbons (Fsp3) is 0.143. The number of anilines is 2. The SMILES string of the molecule is COc1cccc(CNc2cc(F)ccc2N)c1. The molecular weight excluding hydrogens is 231 g/mol. The first-order valence-corrected chi connectivity index (χ1v) is 5.61. The van der Waals surface area contributed by atoms with Crippen LogP contribution in [-0.2, 0) is 6.54 Å². The van der Waals surface area contributed by atoms with Crippen LogP contribution in [0.1, 0.15) is 5.56 Å². The van der Waals surface area contributed by atoms with Gasteiger partial charge in [0.2, 0.25) is 0 Å². The Labute approximate surface area is 105 Å². The van der Waals surface area contributed by atoms with Gasteiger partial charge in [0, 0.05) is 6.54 Å². The molecule has 0 aliphatic heterocycles. The summed E-state index contributed by atoms with van der Waals surface area (Å²) in [5.74, 6) is 0.485. The highest BCUT2D eigenvalue weighted by Gasteiger charge is 2.01. The first-order chi connectivity index (χ1) is 8.69. The molecule has 0 aliphatic rings. The van der Waals surface area contributed by atoms with Gasteiger partial charge in [-0.2, -0.15) is 0 Å². The molecule has 4 heteroatoms. The molecule has 0 radical (unpaired) electrons. The minimum Gasteiger partial charge on any atom is -0.497 e. The lowest BCUT2D eigenvalue weighted by Crippen LogP contribution is -2.03. The molecular formula is C14H15FN2O. The zero-order chi connectivity index (χ0) is 13.0. The summed E-state index contributed by atoms with van der Waals surface area (Å²) in [5, 5.41) is 3.10. The van der Waals surface area contributed by atoms with Gasteiger partial charge in [-0.3, -0.25) is 0 Å². The highest BCUT2D eigenvalue weighted by atomic mass is 19.1. The largest absolute Gasteiger partial charge is 0.497 e. The van der Waals surface area contributed by atoms with Gasteiger partial charge >= 0.3 is 0 Å². The second-order valence-corrected chi connectivity index (χ2v) is 3.94. The summed E-state index contributed by atoms with van der Waals surface area (Å²) in [7, 11) is 1.62. The summed E-state index contributed by atoms with van der Waals surface area (Å²) in [5.41, 5.74) is 7.92. The van der Waals surface area contributed by atoms with Crippen molar-refractivity contribution in [3.05, 3.63) is 53.8 Å². The monoisotopic (exact) mass is 246 g/mol. The Balaban J connectivity index is 2.08. The van der Waals surface area contributed by atoms with Crippen molar-refractivity contribution in [2.24, 2.45) is 0 Å².